The van der Waals surface area contributed by atoms with Gasteiger partial charge >= 0.3 is 0 Å². The molecule has 0 atom stereocenters. The van der Waals surface area contributed by atoms with E-state index in [1.807, 2.05) is 12.1 Å². The maximum absolute atomic E-state index is 12.9. The highest BCUT2D eigenvalue weighted by Crippen LogP contribution is 2.15. The largest absolute Gasteiger partial charge is 0.370 e. The van der Waals surface area contributed by atoms with Crippen LogP contribution in [-0.4, -0.2) is 33.9 Å². The number of benzene rings is 1. The molecule has 0 fully saturated rings. The fraction of sp³-hybridized carbons (Fsp3) is 0.238. The minimum Gasteiger partial charge on any atom is -0.370 e. The molecule has 0 aliphatic heterocycles. The molecule has 1 aromatic carbocycles. The number of carbonyl (C=O) groups excluding carboxylic acids is 1. The zero-order chi connectivity index (χ0) is 20.8. The van der Waals surface area contributed by atoms with Gasteiger partial charge in [-0.2, -0.15) is 0 Å². The number of carbonyl (C=O) groups is 1. The molecule has 0 saturated heterocycles. The Morgan fingerprint density at radius 1 is 1.10 bits per heavy atom. The van der Waals surface area contributed by atoms with Gasteiger partial charge in [-0.05, 0) is 56.7 Å². The molecule has 150 valence electrons. The highest BCUT2D eigenvalue weighted by atomic mass is 19.1. The molecule has 0 saturated carbocycles. The van der Waals surface area contributed by atoms with Crippen molar-refractivity contribution in [3.05, 3.63) is 75.6 Å². The predicted molar refractivity (Wildman–Crippen MR) is 109 cm³/mol. The van der Waals surface area contributed by atoms with Crippen LogP contribution in [0.5, 0.6) is 0 Å². The van der Waals surface area contributed by atoms with Crippen LogP contribution in [0, 0.1) is 19.7 Å². The Balaban J connectivity index is 1.46. The van der Waals surface area contributed by atoms with Gasteiger partial charge in [-0.3, -0.25) is 9.59 Å². The number of aryl methyl sites for hydroxylation is 1. The first-order valence-electron chi connectivity index (χ1n) is 9.25. The molecule has 0 unspecified atom stereocenters. The standard InChI is InChI=1S/C21H22FN5O2/c1-13-14(2)26-19(27-20(13)28)16-6-9-18(25-12-16)23-10-3-11-24-21(29)15-4-7-17(22)8-5-15/h4-9,12H,3,10-11H2,1-2H3,(H,23,25)(H,24,29)(H,26,27,28). The van der Waals surface area contributed by atoms with E-state index in [4.69, 9.17) is 0 Å². The number of hydrogen-bond donors (Lipinski definition) is 3. The van der Waals surface area contributed by atoms with Gasteiger partial charge in [0.2, 0.25) is 0 Å². The number of amides is 1. The summed E-state index contributed by atoms with van der Waals surface area (Å²) in [7, 11) is 0. The van der Waals surface area contributed by atoms with Crippen molar-refractivity contribution < 1.29 is 9.18 Å². The summed E-state index contributed by atoms with van der Waals surface area (Å²) in [5.74, 6) is 0.566. The van der Waals surface area contributed by atoms with Crippen LogP contribution in [-0.2, 0) is 0 Å². The van der Waals surface area contributed by atoms with Crippen molar-refractivity contribution in [1.82, 2.24) is 20.3 Å². The summed E-state index contributed by atoms with van der Waals surface area (Å²) in [6.07, 6.45) is 2.34. The lowest BCUT2D eigenvalue weighted by atomic mass is 10.2. The van der Waals surface area contributed by atoms with Gasteiger partial charge in [0.25, 0.3) is 11.5 Å². The third-order valence-corrected chi connectivity index (χ3v) is 4.48. The lowest BCUT2D eigenvalue weighted by Gasteiger charge is -2.08. The van der Waals surface area contributed by atoms with Gasteiger partial charge in [-0.15, -0.1) is 0 Å². The molecule has 0 aliphatic carbocycles. The summed E-state index contributed by atoms with van der Waals surface area (Å²) in [6.45, 7) is 4.63. The van der Waals surface area contributed by atoms with Crippen LogP contribution in [0.25, 0.3) is 11.4 Å². The van der Waals surface area contributed by atoms with Gasteiger partial charge in [0, 0.05) is 41.7 Å². The molecule has 3 rings (SSSR count). The Morgan fingerprint density at radius 3 is 2.52 bits per heavy atom. The zero-order valence-electron chi connectivity index (χ0n) is 16.3. The third kappa shape index (κ3) is 5.25. The average molecular weight is 395 g/mol. The average Bonchev–Trinajstić information content (AvgIpc) is 2.72. The number of H-pyrrole nitrogens is 1. The van der Waals surface area contributed by atoms with Gasteiger partial charge in [-0.25, -0.2) is 14.4 Å². The smallest absolute Gasteiger partial charge is 0.254 e. The van der Waals surface area contributed by atoms with Crippen LogP contribution < -0.4 is 16.2 Å². The van der Waals surface area contributed by atoms with E-state index in [2.05, 4.69) is 25.6 Å². The van der Waals surface area contributed by atoms with Crippen LogP contribution >= 0.6 is 0 Å². The number of halogens is 1. The van der Waals surface area contributed by atoms with E-state index in [0.29, 0.717) is 48.0 Å². The van der Waals surface area contributed by atoms with E-state index in [-0.39, 0.29) is 17.3 Å². The number of hydrogen-bond acceptors (Lipinski definition) is 5. The fourth-order valence-corrected chi connectivity index (χ4v) is 2.63. The minimum absolute atomic E-state index is 0.155. The molecule has 0 radical (unpaired) electrons. The van der Waals surface area contributed by atoms with Crippen molar-refractivity contribution in [1.29, 1.82) is 0 Å². The van der Waals surface area contributed by atoms with Gasteiger partial charge < -0.3 is 15.6 Å². The summed E-state index contributed by atoms with van der Waals surface area (Å²) in [6, 6.07) is 9.06. The summed E-state index contributed by atoms with van der Waals surface area (Å²) in [4.78, 5) is 35.3. The number of nitrogens with one attached hydrogen (secondary N) is 3. The maximum atomic E-state index is 12.9. The second-order valence-electron chi connectivity index (χ2n) is 6.60. The van der Waals surface area contributed by atoms with E-state index in [9.17, 15) is 14.0 Å². The van der Waals surface area contributed by atoms with Crippen LogP contribution in [0.4, 0.5) is 10.2 Å². The monoisotopic (exact) mass is 395 g/mol. The molecular weight excluding hydrogens is 373 g/mol. The van der Waals surface area contributed by atoms with Crippen molar-refractivity contribution in [2.24, 2.45) is 0 Å². The molecule has 0 spiro atoms. The highest BCUT2D eigenvalue weighted by Gasteiger charge is 2.07. The number of aromatic nitrogens is 3. The van der Waals surface area contributed by atoms with Crippen molar-refractivity contribution in [2.45, 2.75) is 20.3 Å². The molecule has 8 heteroatoms. The van der Waals surface area contributed by atoms with Gasteiger partial charge in [0.15, 0.2) is 0 Å². The summed E-state index contributed by atoms with van der Waals surface area (Å²) in [5.41, 5.74) is 2.29. The zero-order valence-corrected chi connectivity index (χ0v) is 16.3. The Kier molecular flexibility index (Phi) is 6.33. The number of aromatic amines is 1. The molecule has 29 heavy (non-hydrogen) atoms. The minimum atomic E-state index is -0.371. The Morgan fingerprint density at radius 2 is 1.86 bits per heavy atom. The van der Waals surface area contributed by atoms with Crippen molar-refractivity contribution in [3.8, 4) is 11.4 Å². The van der Waals surface area contributed by atoms with Gasteiger partial charge in [-0.1, -0.05) is 0 Å². The summed E-state index contributed by atoms with van der Waals surface area (Å²) in [5, 5.41) is 5.96. The van der Waals surface area contributed by atoms with Gasteiger partial charge in [0.05, 0.1) is 0 Å². The molecule has 3 aromatic rings. The molecule has 1 amide bonds. The molecule has 3 N–H and O–H groups in total. The maximum Gasteiger partial charge on any atom is 0.254 e. The molecule has 0 bridgehead atoms. The topological polar surface area (TPSA) is 99.8 Å². The molecule has 2 heterocycles. The van der Waals surface area contributed by atoms with Crippen LogP contribution in [0.1, 0.15) is 28.0 Å². The third-order valence-electron chi connectivity index (χ3n) is 4.48. The lowest BCUT2D eigenvalue weighted by Crippen LogP contribution is -2.25. The first-order chi connectivity index (χ1) is 13.9. The van der Waals surface area contributed by atoms with E-state index < -0.39 is 0 Å². The normalized spacial score (nSPS) is 10.6. The number of nitrogens with zero attached hydrogens (tertiary/aromatic N) is 2. The van der Waals surface area contributed by atoms with Crippen molar-refractivity contribution in [3.63, 3.8) is 0 Å². The first-order valence-corrected chi connectivity index (χ1v) is 9.25. The van der Waals surface area contributed by atoms with E-state index in [1.54, 1.807) is 20.0 Å². The molecule has 2 aromatic heterocycles. The van der Waals surface area contributed by atoms with Crippen LogP contribution in [0.2, 0.25) is 0 Å². The van der Waals surface area contributed by atoms with Crippen LogP contribution in [0.15, 0.2) is 47.4 Å². The fourth-order valence-electron chi connectivity index (χ4n) is 2.63. The molecule has 7 nitrogen and oxygen atoms in total. The van der Waals surface area contributed by atoms with E-state index >= 15 is 0 Å². The Labute approximate surface area is 167 Å². The Hall–Kier alpha value is -3.55. The van der Waals surface area contributed by atoms with E-state index in [0.717, 1.165) is 5.56 Å². The SMILES string of the molecule is Cc1nc(-c2ccc(NCCCNC(=O)c3ccc(F)cc3)nc2)[nH]c(=O)c1C. The second kappa shape index (κ2) is 9.09. The van der Waals surface area contributed by atoms with E-state index in [1.165, 1.54) is 24.3 Å². The number of rotatable bonds is 7. The van der Waals surface area contributed by atoms with Gasteiger partial charge in [0.1, 0.15) is 17.5 Å². The van der Waals surface area contributed by atoms with Crippen molar-refractivity contribution >= 4 is 11.7 Å². The quantitative estimate of drug-likeness (QED) is 0.534. The summed E-state index contributed by atoms with van der Waals surface area (Å²) >= 11 is 0. The molecular formula is C21H22FN5O2. The Bertz CT molecular complexity index is 1050. The van der Waals surface area contributed by atoms with Crippen LogP contribution in [0.3, 0.4) is 0 Å². The van der Waals surface area contributed by atoms with Crippen molar-refractivity contribution in [2.75, 3.05) is 18.4 Å². The molecule has 0 aliphatic rings. The number of anilines is 1. The highest BCUT2D eigenvalue weighted by molar-refractivity contribution is 5.94. The lowest BCUT2D eigenvalue weighted by molar-refractivity contribution is 0.0953. The number of pyridine rings is 1. The summed E-state index contributed by atoms with van der Waals surface area (Å²) < 4.78 is 12.9. The first kappa shape index (κ1) is 20.2. The second-order valence-corrected chi connectivity index (χ2v) is 6.60. The predicted octanol–water partition coefficient (Wildman–Crippen LogP) is 2.82.